The summed E-state index contributed by atoms with van der Waals surface area (Å²) in [6.45, 7) is 1.83. The fraction of sp³-hybridized carbons (Fsp3) is 0.375. The Balaban J connectivity index is 2.27. The van der Waals surface area contributed by atoms with E-state index in [1.165, 1.54) is 0 Å². The molecule has 0 fully saturated rings. The molecule has 0 saturated carbocycles. The Kier molecular flexibility index (Phi) is 6.91. The second kappa shape index (κ2) is 8.76. The molecule has 0 heterocycles. The molecule has 0 bridgehead atoms. The first kappa shape index (κ1) is 15.8. The van der Waals surface area contributed by atoms with E-state index in [-0.39, 0.29) is 12.4 Å². The molecule has 1 rings (SSSR count). The van der Waals surface area contributed by atoms with Crippen LogP contribution in [-0.4, -0.2) is 17.9 Å². The maximum Gasteiger partial charge on any atom is 0.408 e. The second-order valence-electron chi connectivity index (χ2n) is 4.45. The van der Waals surface area contributed by atoms with Crippen molar-refractivity contribution in [3.05, 3.63) is 35.9 Å². The zero-order valence-electron chi connectivity index (χ0n) is 11.6. The largest absolute Gasteiger partial charge is 0.445 e. The van der Waals surface area contributed by atoms with Crippen molar-refractivity contribution in [3.8, 4) is 12.3 Å². The van der Waals surface area contributed by atoms with E-state index in [0.717, 1.165) is 5.56 Å². The van der Waals surface area contributed by atoms with Gasteiger partial charge in [0.2, 0.25) is 0 Å². The quantitative estimate of drug-likeness (QED) is 0.614. The number of nitrogens with one attached hydrogen (secondary N) is 1. The van der Waals surface area contributed by atoms with Gasteiger partial charge in [-0.3, -0.25) is 4.79 Å². The molecule has 106 valence electrons. The van der Waals surface area contributed by atoms with Crippen LogP contribution in [0.15, 0.2) is 30.3 Å². The molecule has 1 aromatic carbocycles. The third-order valence-corrected chi connectivity index (χ3v) is 2.77. The fourth-order valence-corrected chi connectivity index (χ4v) is 1.60. The fourth-order valence-electron chi connectivity index (χ4n) is 1.60. The van der Waals surface area contributed by atoms with E-state index in [0.29, 0.717) is 19.3 Å². The number of Topliss-reactive ketones (excluding diaryl/α,β-unsaturated/α-hetero) is 1. The zero-order valence-corrected chi connectivity index (χ0v) is 11.6. The molecule has 4 heteroatoms. The first-order valence-corrected chi connectivity index (χ1v) is 6.57. The summed E-state index contributed by atoms with van der Waals surface area (Å²) in [5, 5.41) is 2.51. The highest BCUT2D eigenvalue weighted by Crippen LogP contribution is 2.02. The number of amides is 1. The van der Waals surface area contributed by atoms with Crippen LogP contribution in [0, 0.1) is 12.3 Å². The lowest BCUT2D eigenvalue weighted by molar-refractivity contribution is -0.120. The minimum atomic E-state index is -0.591. The van der Waals surface area contributed by atoms with Gasteiger partial charge in [-0.1, -0.05) is 30.3 Å². The highest BCUT2D eigenvalue weighted by Gasteiger charge is 2.15. The van der Waals surface area contributed by atoms with Crippen LogP contribution in [0.1, 0.15) is 31.7 Å². The average molecular weight is 273 g/mol. The number of benzene rings is 1. The number of terminal acetylenes is 1. The van der Waals surface area contributed by atoms with Crippen molar-refractivity contribution in [2.24, 2.45) is 0 Å². The molecule has 0 spiro atoms. The predicted molar refractivity (Wildman–Crippen MR) is 76.9 cm³/mol. The normalized spacial score (nSPS) is 11.2. The number of carbonyl (C=O) groups excluding carboxylic acids is 2. The van der Waals surface area contributed by atoms with E-state index < -0.39 is 12.1 Å². The van der Waals surface area contributed by atoms with Gasteiger partial charge in [-0.2, -0.15) is 0 Å². The number of hydrogen-bond acceptors (Lipinski definition) is 3. The first-order valence-electron chi connectivity index (χ1n) is 6.57. The van der Waals surface area contributed by atoms with E-state index in [2.05, 4.69) is 11.2 Å². The third kappa shape index (κ3) is 6.05. The van der Waals surface area contributed by atoms with Crippen LogP contribution in [0.5, 0.6) is 0 Å². The van der Waals surface area contributed by atoms with E-state index in [1.807, 2.05) is 30.3 Å². The van der Waals surface area contributed by atoms with Gasteiger partial charge >= 0.3 is 6.09 Å². The summed E-state index contributed by atoms with van der Waals surface area (Å²) >= 11 is 0. The van der Waals surface area contributed by atoms with Gasteiger partial charge in [0.1, 0.15) is 6.61 Å². The van der Waals surface area contributed by atoms with Crippen LogP contribution in [-0.2, 0) is 16.1 Å². The van der Waals surface area contributed by atoms with Gasteiger partial charge in [-0.25, -0.2) is 4.79 Å². The minimum Gasteiger partial charge on any atom is -0.445 e. The van der Waals surface area contributed by atoms with Gasteiger partial charge in [0, 0.05) is 12.8 Å². The van der Waals surface area contributed by atoms with Gasteiger partial charge in [0.15, 0.2) is 5.78 Å². The van der Waals surface area contributed by atoms with Crippen molar-refractivity contribution in [1.29, 1.82) is 0 Å². The minimum absolute atomic E-state index is 0.0445. The van der Waals surface area contributed by atoms with E-state index >= 15 is 0 Å². The highest BCUT2D eigenvalue weighted by atomic mass is 16.5. The Morgan fingerprint density at radius 2 is 2.05 bits per heavy atom. The summed E-state index contributed by atoms with van der Waals surface area (Å²) in [5.74, 6) is 2.43. The van der Waals surface area contributed by atoms with Crippen molar-refractivity contribution in [2.75, 3.05) is 0 Å². The number of rotatable bonds is 7. The van der Waals surface area contributed by atoms with Crippen molar-refractivity contribution >= 4 is 11.9 Å². The summed E-state index contributed by atoms with van der Waals surface area (Å²) < 4.78 is 5.04. The molecule has 0 aliphatic heterocycles. The van der Waals surface area contributed by atoms with E-state index in [9.17, 15) is 9.59 Å². The molecule has 1 atom stereocenters. The topological polar surface area (TPSA) is 55.4 Å². The summed E-state index contributed by atoms with van der Waals surface area (Å²) in [6, 6.07) is 8.79. The van der Waals surface area contributed by atoms with Gasteiger partial charge in [0.05, 0.1) is 6.04 Å². The monoisotopic (exact) mass is 273 g/mol. The number of hydrogen-bond donors (Lipinski definition) is 1. The van der Waals surface area contributed by atoms with Crippen LogP contribution in [0.25, 0.3) is 0 Å². The maximum absolute atomic E-state index is 11.7. The van der Waals surface area contributed by atoms with Crippen molar-refractivity contribution in [3.63, 3.8) is 0 Å². The summed E-state index contributed by atoms with van der Waals surface area (Å²) in [4.78, 5) is 23.2. The number of carbonyl (C=O) groups is 2. The molecule has 0 aliphatic carbocycles. The Bertz CT molecular complexity index is 476. The molecular formula is C16H19NO3. The molecule has 0 saturated heterocycles. The lowest BCUT2D eigenvalue weighted by Gasteiger charge is -2.12. The smallest absolute Gasteiger partial charge is 0.408 e. The average Bonchev–Trinajstić information content (AvgIpc) is 2.46. The van der Waals surface area contributed by atoms with Gasteiger partial charge in [-0.05, 0) is 18.9 Å². The molecular weight excluding hydrogens is 254 g/mol. The van der Waals surface area contributed by atoms with E-state index in [4.69, 9.17) is 11.2 Å². The molecule has 4 nitrogen and oxygen atoms in total. The maximum atomic E-state index is 11.7. The number of ether oxygens (including phenoxy) is 1. The third-order valence-electron chi connectivity index (χ3n) is 2.77. The molecule has 0 aliphatic rings. The van der Waals surface area contributed by atoms with Gasteiger partial charge < -0.3 is 10.1 Å². The second-order valence-corrected chi connectivity index (χ2v) is 4.45. The predicted octanol–water partition coefficient (Wildman–Crippen LogP) is 2.67. The molecule has 20 heavy (non-hydrogen) atoms. The van der Waals surface area contributed by atoms with Crippen LogP contribution in [0.2, 0.25) is 0 Å². The number of unbranched alkanes of at least 4 members (excludes halogenated alkanes) is 1. The molecule has 1 amide bonds. The summed E-state index contributed by atoms with van der Waals surface area (Å²) in [6.07, 6.45) is 6.10. The molecule has 0 radical (unpaired) electrons. The number of alkyl carbamates (subject to hydrolysis) is 1. The Labute approximate surface area is 119 Å². The Morgan fingerprint density at radius 1 is 1.35 bits per heavy atom. The van der Waals surface area contributed by atoms with Crippen LogP contribution < -0.4 is 5.32 Å². The van der Waals surface area contributed by atoms with Crippen molar-refractivity contribution in [1.82, 2.24) is 5.32 Å². The lowest BCUT2D eigenvalue weighted by Crippen LogP contribution is -2.38. The van der Waals surface area contributed by atoms with Gasteiger partial charge in [-0.15, -0.1) is 12.3 Å². The lowest BCUT2D eigenvalue weighted by atomic mass is 10.1. The standard InChI is InChI=1S/C16H19NO3/c1-3-4-6-11-15(18)13(2)17-16(19)20-12-14-9-7-5-8-10-14/h1,5,7-10,13H,4,6,11-12H2,2H3,(H,17,19). The molecule has 1 aromatic rings. The van der Waals surface area contributed by atoms with Crippen LogP contribution in [0.3, 0.4) is 0 Å². The Hall–Kier alpha value is -2.28. The van der Waals surface area contributed by atoms with E-state index in [1.54, 1.807) is 6.92 Å². The molecule has 0 aromatic heterocycles. The SMILES string of the molecule is C#CCCCC(=O)C(C)NC(=O)OCc1ccccc1. The van der Waals surface area contributed by atoms with Crippen molar-refractivity contribution in [2.45, 2.75) is 38.8 Å². The Morgan fingerprint density at radius 3 is 2.70 bits per heavy atom. The summed E-state index contributed by atoms with van der Waals surface area (Å²) in [7, 11) is 0. The molecule has 1 N–H and O–H groups in total. The van der Waals surface area contributed by atoms with Crippen LogP contribution in [0.4, 0.5) is 4.79 Å². The van der Waals surface area contributed by atoms with Crippen LogP contribution >= 0.6 is 0 Å². The highest BCUT2D eigenvalue weighted by molar-refractivity contribution is 5.86. The van der Waals surface area contributed by atoms with Gasteiger partial charge in [0.25, 0.3) is 0 Å². The summed E-state index contributed by atoms with van der Waals surface area (Å²) in [5.41, 5.74) is 0.899. The van der Waals surface area contributed by atoms with Crippen molar-refractivity contribution < 1.29 is 14.3 Å². The zero-order chi connectivity index (χ0) is 14.8. The molecule has 1 unspecified atom stereocenters. The number of ketones is 1. The first-order chi connectivity index (χ1) is 9.63.